The summed E-state index contributed by atoms with van der Waals surface area (Å²) in [6.07, 6.45) is 1.16. The van der Waals surface area contributed by atoms with E-state index in [1.165, 1.54) is 11.1 Å². The molecular weight excluding hydrogens is 282 g/mol. The Bertz CT molecular complexity index is 539. The SMILES string of the molecule is CCCNCc1cccc(COCc2ccc(Cl)cc2)c1. The topological polar surface area (TPSA) is 21.3 Å². The minimum Gasteiger partial charge on any atom is -0.372 e. The molecule has 0 bridgehead atoms. The highest BCUT2D eigenvalue weighted by Gasteiger charge is 1.98. The number of benzene rings is 2. The van der Waals surface area contributed by atoms with Crippen LogP contribution in [-0.4, -0.2) is 6.54 Å². The monoisotopic (exact) mass is 303 g/mol. The Hall–Kier alpha value is -1.35. The summed E-state index contributed by atoms with van der Waals surface area (Å²) < 4.78 is 5.76. The first-order valence-electron chi connectivity index (χ1n) is 7.38. The zero-order chi connectivity index (χ0) is 14.9. The van der Waals surface area contributed by atoms with Gasteiger partial charge in [-0.1, -0.05) is 54.9 Å². The van der Waals surface area contributed by atoms with Crippen LogP contribution in [0.5, 0.6) is 0 Å². The molecule has 0 aliphatic heterocycles. The van der Waals surface area contributed by atoms with Crippen molar-refractivity contribution in [3.8, 4) is 0 Å². The summed E-state index contributed by atoms with van der Waals surface area (Å²) in [7, 11) is 0. The number of hydrogen-bond acceptors (Lipinski definition) is 2. The largest absolute Gasteiger partial charge is 0.372 e. The normalized spacial score (nSPS) is 10.8. The number of hydrogen-bond donors (Lipinski definition) is 1. The van der Waals surface area contributed by atoms with Crippen LogP contribution in [0.4, 0.5) is 0 Å². The summed E-state index contributed by atoms with van der Waals surface area (Å²) in [4.78, 5) is 0. The molecule has 2 aromatic rings. The summed E-state index contributed by atoms with van der Waals surface area (Å²) >= 11 is 5.86. The van der Waals surface area contributed by atoms with Crippen LogP contribution in [-0.2, 0) is 24.5 Å². The third-order valence-electron chi connectivity index (χ3n) is 3.20. The van der Waals surface area contributed by atoms with Gasteiger partial charge < -0.3 is 10.1 Å². The van der Waals surface area contributed by atoms with Crippen LogP contribution in [0.3, 0.4) is 0 Å². The van der Waals surface area contributed by atoms with E-state index in [1.807, 2.05) is 24.3 Å². The van der Waals surface area contributed by atoms with E-state index in [0.29, 0.717) is 13.2 Å². The van der Waals surface area contributed by atoms with E-state index in [0.717, 1.165) is 30.1 Å². The highest BCUT2D eigenvalue weighted by molar-refractivity contribution is 6.30. The molecule has 2 aromatic carbocycles. The van der Waals surface area contributed by atoms with Gasteiger partial charge in [0.05, 0.1) is 13.2 Å². The van der Waals surface area contributed by atoms with E-state index >= 15 is 0 Å². The first-order valence-corrected chi connectivity index (χ1v) is 7.76. The van der Waals surface area contributed by atoms with Crippen LogP contribution >= 0.6 is 11.6 Å². The van der Waals surface area contributed by atoms with Crippen molar-refractivity contribution in [2.75, 3.05) is 6.54 Å². The fourth-order valence-electron chi connectivity index (χ4n) is 2.11. The number of nitrogens with one attached hydrogen (secondary N) is 1. The maximum absolute atomic E-state index is 5.86. The molecule has 0 aromatic heterocycles. The number of halogens is 1. The molecule has 112 valence electrons. The molecule has 0 aliphatic carbocycles. The summed E-state index contributed by atoms with van der Waals surface area (Å²) in [5.74, 6) is 0. The average molecular weight is 304 g/mol. The summed E-state index contributed by atoms with van der Waals surface area (Å²) in [6.45, 7) is 5.38. The van der Waals surface area contributed by atoms with Gasteiger partial charge in [-0.2, -0.15) is 0 Å². The molecule has 0 saturated carbocycles. The maximum atomic E-state index is 5.86. The van der Waals surface area contributed by atoms with Crippen LogP contribution in [0.1, 0.15) is 30.0 Å². The molecule has 0 heterocycles. The average Bonchev–Trinajstić information content (AvgIpc) is 2.50. The van der Waals surface area contributed by atoms with Crippen molar-refractivity contribution in [1.29, 1.82) is 0 Å². The second kappa shape index (κ2) is 8.83. The second-order valence-electron chi connectivity index (χ2n) is 5.12. The molecule has 0 amide bonds. The maximum Gasteiger partial charge on any atom is 0.0721 e. The van der Waals surface area contributed by atoms with Gasteiger partial charge >= 0.3 is 0 Å². The van der Waals surface area contributed by atoms with Crippen LogP contribution in [0.25, 0.3) is 0 Å². The lowest BCUT2D eigenvalue weighted by molar-refractivity contribution is 0.107. The Kier molecular flexibility index (Phi) is 6.74. The molecule has 2 nitrogen and oxygen atoms in total. The first kappa shape index (κ1) is 16.0. The Morgan fingerprint density at radius 1 is 0.952 bits per heavy atom. The Labute approximate surface area is 132 Å². The third kappa shape index (κ3) is 5.88. The first-order chi connectivity index (χ1) is 10.3. The van der Waals surface area contributed by atoms with Gasteiger partial charge in [0.2, 0.25) is 0 Å². The van der Waals surface area contributed by atoms with Crippen molar-refractivity contribution in [3.05, 3.63) is 70.2 Å². The molecule has 0 unspecified atom stereocenters. The second-order valence-corrected chi connectivity index (χ2v) is 5.55. The van der Waals surface area contributed by atoms with E-state index < -0.39 is 0 Å². The minimum absolute atomic E-state index is 0.607. The van der Waals surface area contributed by atoms with E-state index in [2.05, 4.69) is 36.5 Å². The van der Waals surface area contributed by atoms with Crippen LogP contribution < -0.4 is 5.32 Å². The van der Waals surface area contributed by atoms with Crippen LogP contribution in [0.2, 0.25) is 5.02 Å². The van der Waals surface area contributed by atoms with E-state index in [-0.39, 0.29) is 0 Å². The summed E-state index contributed by atoms with van der Waals surface area (Å²) in [5.41, 5.74) is 3.65. The van der Waals surface area contributed by atoms with Crippen molar-refractivity contribution < 1.29 is 4.74 Å². The Morgan fingerprint density at radius 3 is 2.43 bits per heavy atom. The molecule has 0 aliphatic rings. The molecule has 3 heteroatoms. The fraction of sp³-hybridized carbons (Fsp3) is 0.333. The predicted molar refractivity (Wildman–Crippen MR) is 88.4 cm³/mol. The Morgan fingerprint density at radius 2 is 1.67 bits per heavy atom. The smallest absolute Gasteiger partial charge is 0.0721 e. The molecule has 21 heavy (non-hydrogen) atoms. The summed E-state index contributed by atoms with van der Waals surface area (Å²) in [6, 6.07) is 16.3. The van der Waals surface area contributed by atoms with Crippen molar-refractivity contribution in [2.45, 2.75) is 33.1 Å². The standard InChI is InChI=1S/C18H22ClNO/c1-2-10-20-12-16-4-3-5-17(11-16)14-21-13-15-6-8-18(19)9-7-15/h3-9,11,20H,2,10,12-14H2,1H3. The third-order valence-corrected chi connectivity index (χ3v) is 3.45. The van der Waals surface area contributed by atoms with Gasteiger partial charge in [0.15, 0.2) is 0 Å². The molecule has 0 saturated heterocycles. The van der Waals surface area contributed by atoms with Crippen LogP contribution in [0, 0.1) is 0 Å². The highest BCUT2D eigenvalue weighted by atomic mass is 35.5. The Balaban J connectivity index is 1.79. The van der Waals surface area contributed by atoms with Gasteiger partial charge in [-0.05, 0) is 41.8 Å². The highest BCUT2D eigenvalue weighted by Crippen LogP contribution is 2.12. The predicted octanol–water partition coefficient (Wildman–Crippen LogP) is 4.56. The number of ether oxygens (including phenoxy) is 1. The van der Waals surface area contributed by atoms with Gasteiger partial charge in [-0.15, -0.1) is 0 Å². The van der Waals surface area contributed by atoms with Crippen molar-refractivity contribution >= 4 is 11.6 Å². The molecule has 0 fully saturated rings. The van der Waals surface area contributed by atoms with Gasteiger partial charge in [-0.25, -0.2) is 0 Å². The van der Waals surface area contributed by atoms with E-state index in [4.69, 9.17) is 16.3 Å². The molecule has 1 N–H and O–H groups in total. The molecule has 2 rings (SSSR count). The van der Waals surface area contributed by atoms with Gasteiger partial charge in [0.25, 0.3) is 0 Å². The van der Waals surface area contributed by atoms with Crippen molar-refractivity contribution in [3.63, 3.8) is 0 Å². The van der Waals surface area contributed by atoms with Gasteiger partial charge in [0, 0.05) is 11.6 Å². The lowest BCUT2D eigenvalue weighted by atomic mass is 10.1. The molecule has 0 radical (unpaired) electrons. The fourth-order valence-corrected chi connectivity index (χ4v) is 2.23. The minimum atomic E-state index is 0.607. The van der Waals surface area contributed by atoms with Gasteiger partial charge in [-0.3, -0.25) is 0 Å². The van der Waals surface area contributed by atoms with E-state index in [9.17, 15) is 0 Å². The summed E-state index contributed by atoms with van der Waals surface area (Å²) in [5, 5.41) is 4.17. The van der Waals surface area contributed by atoms with Crippen molar-refractivity contribution in [1.82, 2.24) is 5.32 Å². The van der Waals surface area contributed by atoms with Crippen LogP contribution in [0.15, 0.2) is 48.5 Å². The molecule has 0 atom stereocenters. The number of rotatable bonds is 8. The zero-order valence-corrected chi connectivity index (χ0v) is 13.2. The molecular formula is C18H22ClNO. The molecule has 0 spiro atoms. The van der Waals surface area contributed by atoms with E-state index in [1.54, 1.807) is 0 Å². The lowest BCUT2D eigenvalue weighted by Crippen LogP contribution is -2.13. The zero-order valence-electron chi connectivity index (χ0n) is 12.4. The lowest BCUT2D eigenvalue weighted by Gasteiger charge is -2.08. The quantitative estimate of drug-likeness (QED) is 0.722. The van der Waals surface area contributed by atoms with Gasteiger partial charge in [0.1, 0.15) is 0 Å². The van der Waals surface area contributed by atoms with Crippen molar-refractivity contribution in [2.24, 2.45) is 0 Å².